The van der Waals surface area contributed by atoms with E-state index < -0.39 is 11.7 Å². The number of amides is 1. The second-order valence-corrected chi connectivity index (χ2v) is 8.27. The molecule has 3 N–H and O–H groups in total. The Hall–Kier alpha value is -3.10. The first kappa shape index (κ1) is 24.2. The number of nitrogens with one attached hydrogen (secondary N) is 3. The van der Waals surface area contributed by atoms with E-state index in [1.165, 1.54) is 0 Å². The first-order valence-electron chi connectivity index (χ1n) is 10.7. The van der Waals surface area contributed by atoms with Gasteiger partial charge in [0.15, 0.2) is 11.8 Å². The Bertz CT molecular complexity index is 867. The van der Waals surface area contributed by atoms with E-state index in [1.54, 1.807) is 0 Å². The average molecular weight is 430 g/mol. The molecule has 0 atom stereocenters. The van der Waals surface area contributed by atoms with Crippen molar-refractivity contribution in [1.29, 1.82) is 0 Å². The lowest BCUT2D eigenvalue weighted by atomic mass is 10.2. The van der Waals surface area contributed by atoms with Crippen molar-refractivity contribution in [3.05, 3.63) is 41.3 Å². The van der Waals surface area contributed by atoms with Gasteiger partial charge in [-0.3, -0.25) is 0 Å². The van der Waals surface area contributed by atoms with Crippen LogP contribution in [0.25, 0.3) is 5.82 Å². The highest BCUT2D eigenvalue weighted by molar-refractivity contribution is 5.79. The molecule has 1 amide bonds. The molecule has 0 saturated carbocycles. The van der Waals surface area contributed by atoms with Crippen LogP contribution in [-0.2, 0) is 11.3 Å². The molecule has 0 bridgehead atoms. The molecule has 31 heavy (non-hydrogen) atoms. The van der Waals surface area contributed by atoms with Gasteiger partial charge in [-0.1, -0.05) is 6.07 Å². The fraction of sp³-hybridized carbons (Fsp3) is 0.545. The number of rotatable bonds is 8. The van der Waals surface area contributed by atoms with Gasteiger partial charge < -0.3 is 20.7 Å². The molecule has 0 radical (unpaired) electrons. The van der Waals surface area contributed by atoms with Crippen LogP contribution in [0.1, 0.15) is 51.1 Å². The van der Waals surface area contributed by atoms with Crippen LogP contribution >= 0.6 is 0 Å². The van der Waals surface area contributed by atoms with Crippen molar-refractivity contribution in [2.45, 2.75) is 60.1 Å². The van der Waals surface area contributed by atoms with Crippen molar-refractivity contribution in [2.75, 3.05) is 19.6 Å². The number of guanidine groups is 1. The van der Waals surface area contributed by atoms with E-state index in [0.717, 1.165) is 41.7 Å². The Balaban J connectivity index is 1.81. The van der Waals surface area contributed by atoms with Crippen LogP contribution in [0, 0.1) is 13.8 Å². The number of nitrogens with zero attached hydrogens (tertiary/aromatic N) is 4. The van der Waals surface area contributed by atoms with Gasteiger partial charge in [-0.2, -0.15) is 5.10 Å². The zero-order valence-electron chi connectivity index (χ0n) is 19.5. The maximum absolute atomic E-state index is 11.7. The normalized spacial score (nSPS) is 11.9. The topological polar surface area (TPSA) is 105 Å². The molecule has 0 aliphatic rings. The lowest BCUT2D eigenvalue weighted by Crippen LogP contribution is -2.39. The van der Waals surface area contributed by atoms with Gasteiger partial charge in [0.1, 0.15) is 5.60 Å². The largest absolute Gasteiger partial charge is 0.444 e. The maximum atomic E-state index is 11.7. The number of aromatic nitrogens is 3. The monoisotopic (exact) mass is 429 g/mol. The minimum Gasteiger partial charge on any atom is -0.444 e. The van der Waals surface area contributed by atoms with E-state index in [1.807, 2.05) is 70.6 Å². The van der Waals surface area contributed by atoms with Crippen molar-refractivity contribution in [3.8, 4) is 5.82 Å². The molecule has 9 heteroatoms. The molecule has 0 aliphatic carbocycles. The van der Waals surface area contributed by atoms with E-state index in [-0.39, 0.29) is 0 Å². The van der Waals surface area contributed by atoms with Gasteiger partial charge in [0.05, 0.1) is 12.2 Å². The molecule has 0 aliphatic heterocycles. The fourth-order valence-electron chi connectivity index (χ4n) is 2.81. The predicted octanol–water partition coefficient (Wildman–Crippen LogP) is 2.85. The molecule has 2 aromatic heterocycles. The van der Waals surface area contributed by atoms with Crippen LogP contribution in [-0.4, -0.2) is 52.1 Å². The summed E-state index contributed by atoms with van der Waals surface area (Å²) in [6.45, 7) is 14.0. The lowest BCUT2D eigenvalue weighted by Gasteiger charge is -2.19. The van der Waals surface area contributed by atoms with Gasteiger partial charge in [-0.15, -0.1) is 0 Å². The zero-order chi connectivity index (χ0) is 22.9. The van der Waals surface area contributed by atoms with Crippen LogP contribution in [0.5, 0.6) is 0 Å². The summed E-state index contributed by atoms with van der Waals surface area (Å²) in [5.74, 6) is 1.52. The number of ether oxygens (including phenoxy) is 1. The van der Waals surface area contributed by atoms with E-state index in [2.05, 4.69) is 31.0 Å². The van der Waals surface area contributed by atoms with E-state index in [4.69, 9.17) is 4.74 Å². The molecular weight excluding hydrogens is 394 g/mol. The number of carbonyl (C=O) groups excluding carboxylic acids is 1. The molecule has 0 saturated heterocycles. The third-order valence-electron chi connectivity index (χ3n) is 4.11. The third kappa shape index (κ3) is 8.65. The van der Waals surface area contributed by atoms with E-state index in [0.29, 0.717) is 19.6 Å². The van der Waals surface area contributed by atoms with Crippen LogP contribution < -0.4 is 16.0 Å². The van der Waals surface area contributed by atoms with Crippen molar-refractivity contribution < 1.29 is 9.53 Å². The van der Waals surface area contributed by atoms with Crippen molar-refractivity contribution in [3.63, 3.8) is 0 Å². The van der Waals surface area contributed by atoms with Gasteiger partial charge in [0.2, 0.25) is 0 Å². The Morgan fingerprint density at radius 2 is 1.90 bits per heavy atom. The Kier molecular flexibility index (Phi) is 8.84. The number of hydrogen-bond acceptors (Lipinski definition) is 5. The van der Waals surface area contributed by atoms with Crippen LogP contribution in [0.15, 0.2) is 29.4 Å². The predicted molar refractivity (Wildman–Crippen MR) is 123 cm³/mol. The maximum Gasteiger partial charge on any atom is 0.407 e. The highest BCUT2D eigenvalue weighted by Crippen LogP contribution is 2.10. The summed E-state index contributed by atoms with van der Waals surface area (Å²) in [4.78, 5) is 20.8. The third-order valence-corrected chi connectivity index (χ3v) is 4.11. The van der Waals surface area contributed by atoms with Gasteiger partial charge in [0.25, 0.3) is 0 Å². The summed E-state index contributed by atoms with van der Waals surface area (Å²) in [7, 11) is 0. The molecule has 2 aromatic rings. The van der Waals surface area contributed by atoms with Crippen molar-refractivity contribution in [1.82, 2.24) is 30.7 Å². The van der Waals surface area contributed by atoms with Gasteiger partial charge in [-0.05, 0) is 65.7 Å². The minimum atomic E-state index is -0.490. The quantitative estimate of drug-likeness (QED) is 0.339. The second kappa shape index (κ2) is 11.3. The summed E-state index contributed by atoms with van der Waals surface area (Å²) in [6.07, 6.45) is 2.18. The molecule has 170 valence electrons. The highest BCUT2D eigenvalue weighted by Gasteiger charge is 2.15. The molecule has 0 spiro atoms. The molecule has 9 nitrogen and oxygen atoms in total. The van der Waals surface area contributed by atoms with Gasteiger partial charge in [-0.25, -0.2) is 19.5 Å². The SMILES string of the molecule is CCNC(=NCc1ccc(-n2nc(C)cc2C)nc1)NCCCNC(=O)OC(C)(C)C. The number of pyridine rings is 1. The summed E-state index contributed by atoms with van der Waals surface area (Å²) in [5, 5.41) is 13.7. The number of aliphatic imine (C=N–C) groups is 1. The highest BCUT2D eigenvalue weighted by atomic mass is 16.6. The van der Waals surface area contributed by atoms with Gasteiger partial charge >= 0.3 is 6.09 Å². The van der Waals surface area contributed by atoms with Crippen molar-refractivity contribution >= 4 is 12.1 Å². The molecule has 0 aromatic carbocycles. The fourth-order valence-corrected chi connectivity index (χ4v) is 2.81. The molecule has 0 unspecified atom stereocenters. The second-order valence-electron chi connectivity index (χ2n) is 8.27. The van der Waals surface area contributed by atoms with Crippen LogP contribution in [0.4, 0.5) is 4.79 Å². The molecular formula is C22H35N7O2. The van der Waals surface area contributed by atoms with Crippen LogP contribution in [0.2, 0.25) is 0 Å². The Morgan fingerprint density at radius 1 is 1.16 bits per heavy atom. The first-order chi connectivity index (χ1) is 14.7. The van der Waals surface area contributed by atoms with E-state index >= 15 is 0 Å². The van der Waals surface area contributed by atoms with E-state index in [9.17, 15) is 4.79 Å². The standard InChI is InChI=1S/C22H35N7O2/c1-7-23-20(24-11-8-12-25-21(30)31-22(4,5)6)27-15-18-9-10-19(26-14-18)29-17(3)13-16(2)28-29/h9-10,13-14H,7-8,11-12,15H2,1-6H3,(H,25,30)(H2,23,24,27). The summed E-state index contributed by atoms with van der Waals surface area (Å²) in [6, 6.07) is 5.99. The summed E-state index contributed by atoms with van der Waals surface area (Å²) < 4.78 is 7.05. The van der Waals surface area contributed by atoms with Gasteiger partial charge in [0, 0.05) is 31.5 Å². The van der Waals surface area contributed by atoms with Crippen LogP contribution in [0.3, 0.4) is 0 Å². The zero-order valence-corrected chi connectivity index (χ0v) is 19.5. The molecule has 2 heterocycles. The first-order valence-corrected chi connectivity index (χ1v) is 10.7. The summed E-state index contributed by atoms with van der Waals surface area (Å²) >= 11 is 0. The summed E-state index contributed by atoms with van der Waals surface area (Å²) in [5.41, 5.74) is 2.54. The average Bonchev–Trinajstić information content (AvgIpc) is 3.02. The number of hydrogen-bond donors (Lipinski definition) is 3. The Morgan fingerprint density at radius 3 is 2.48 bits per heavy atom. The van der Waals surface area contributed by atoms with Crippen molar-refractivity contribution in [2.24, 2.45) is 4.99 Å². The molecule has 2 rings (SSSR count). The lowest BCUT2D eigenvalue weighted by molar-refractivity contribution is 0.0527. The minimum absolute atomic E-state index is 0.399. The Labute approximate surface area is 184 Å². The smallest absolute Gasteiger partial charge is 0.407 e. The number of carbonyl (C=O) groups is 1. The number of alkyl carbamates (subject to hydrolysis) is 1. The molecule has 0 fully saturated rings. The number of aryl methyl sites for hydroxylation is 2.